The van der Waals surface area contributed by atoms with Crippen LogP contribution in [0.25, 0.3) is 0 Å². The average molecular weight is 158 g/mol. The van der Waals surface area contributed by atoms with Gasteiger partial charge in [-0.05, 0) is 6.92 Å². The third kappa shape index (κ3) is 3.47. The molecular weight excluding hydrogens is 144 g/mol. The minimum absolute atomic E-state index is 0.250. The number of hydrogen-bond donors (Lipinski definition) is 4. The average Bonchev–Trinajstić information content (AvgIpc) is 2.36. The Morgan fingerprint density at radius 1 is 1.82 bits per heavy atom. The van der Waals surface area contributed by atoms with Crippen molar-refractivity contribution < 1.29 is 5.11 Å². The summed E-state index contributed by atoms with van der Waals surface area (Å²) in [5, 5.41) is 16.7. The van der Waals surface area contributed by atoms with Crippen molar-refractivity contribution in [2.75, 3.05) is 24.7 Å². The lowest BCUT2D eigenvalue weighted by atomic mass is 10.5. The summed E-state index contributed by atoms with van der Waals surface area (Å²) in [6.45, 7) is 1.93. The molecule has 64 valence electrons. The molecule has 1 aromatic heterocycles. The van der Waals surface area contributed by atoms with E-state index in [4.69, 9.17) is 10.8 Å². The van der Waals surface area contributed by atoms with Crippen LogP contribution >= 0.6 is 0 Å². The van der Waals surface area contributed by atoms with E-state index in [0.29, 0.717) is 5.82 Å². The number of nitrogens with zero attached hydrogens (tertiary/aromatic N) is 1. The van der Waals surface area contributed by atoms with Crippen molar-refractivity contribution in [1.29, 1.82) is 0 Å². The largest absolute Gasteiger partial charge is 0.397 e. The zero-order valence-corrected chi connectivity index (χ0v) is 6.76. The quantitative estimate of drug-likeness (QED) is 0.464. The predicted molar refractivity (Wildman–Crippen MR) is 45.3 cm³/mol. The molecule has 5 nitrogen and oxygen atoms in total. The summed E-state index contributed by atoms with van der Waals surface area (Å²) in [6, 6.07) is 0. The number of H-pyrrole nitrogens is 1. The topological polar surface area (TPSA) is 87.0 Å². The van der Waals surface area contributed by atoms with Crippen molar-refractivity contribution in [3.8, 4) is 0 Å². The van der Waals surface area contributed by atoms with Gasteiger partial charge in [0.15, 0.2) is 0 Å². The highest BCUT2D eigenvalue weighted by molar-refractivity contribution is 5.59. The molecule has 0 bridgehead atoms. The molecule has 0 fully saturated rings. The Balaban J connectivity index is 0.000000292. The SMILES string of the molecule is CCO.CNc1cn[nH]c1N. The second-order valence-electron chi connectivity index (χ2n) is 1.76. The molecule has 1 aromatic rings. The van der Waals surface area contributed by atoms with Crippen molar-refractivity contribution in [2.24, 2.45) is 0 Å². The first kappa shape index (κ1) is 9.77. The third-order valence-corrected chi connectivity index (χ3v) is 0.938. The number of aliphatic hydroxyl groups is 1. The van der Waals surface area contributed by atoms with Gasteiger partial charge in [0.25, 0.3) is 0 Å². The first-order valence-electron chi connectivity index (χ1n) is 3.33. The van der Waals surface area contributed by atoms with E-state index in [9.17, 15) is 0 Å². The van der Waals surface area contributed by atoms with Crippen LogP contribution in [-0.2, 0) is 0 Å². The van der Waals surface area contributed by atoms with Crippen LogP contribution < -0.4 is 11.1 Å². The zero-order valence-electron chi connectivity index (χ0n) is 6.76. The highest BCUT2D eigenvalue weighted by Crippen LogP contribution is 2.10. The molecule has 0 atom stereocenters. The molecule has 0 unspecified atom stereocenters. The molecular formula is C6H14N4O. The maximum Gasteiger partial charge on any atom is 0.142 e. The lowest BCUT2D eigenvalue weighted by Gasteiger charge is -1.91. The van der Waals surface area contributed by atoms with E-state index in [1.807, 2.05) is 0 Å². The van der Waals surface area contributed by atoms with Gasteiger partial charge in [-0.15, -0.1) is 0 Å². The molecule has 1 rings (SSSR count). The van der Waals surface area contributed by atoms with E-state index in [0.717, 1.165) is 5.69 Å². The zero-order chi connectivity index (χ0) is 8.69. The van der Waals surface area contributed by atoms with Crippen LogP contribution in [0.5, 0.6) is 0 Å². The van der Waals surface area contributed by atoms with E-state index in [1.165, 1.54) is 0 Å². The molecule has 0 aliphatic heterocycles. The monoisotopic (exact) mass is 158 g/mol. The van der Waals surface area contributed by atoms with Gasteiger partial charge in [0.1, 0.15) is 5.82 Å². The molecule has 0 radical (unpaired) electrons. The molecule has 0 saturated heterocycles. The highest BCUT2D eigenvalue weighted by atomic mass is 16.2. The normalized spacial score (nSPS) is 8.27. The van der Waals surface area contributed by atoms with Crippen LogP contribution in [-0.4, -0.2) is 29.0 Å². The fourth-order valence-corrected chi connectivity index (χ4v) is 0.495. The van der Waals surface area contributed by atoms with Crippen molar-refractivity contribution in [2.45, 2.75) is 6.92 Å². The molecule has 11 heavy (non-hydrogen) atoms. The van der Waals surface area contributed by atoms with Crippen LogP contribution in [0.15, 0.2) is 6.20 Å². The van der Waals surface area contributed by atoms with E-state index < -0.39 is 0 Å². The van der Waals surface area contributed by atoms with E-state index in [2.05, 4.69) is 15.5 Å². The minimum Gasteiger partial charge on any atom is -0.397 e. The number of nitrogens with one attached hydrogen (secondary N) is 2. The minimum atomic E-state index is 0.250. The van der Waals surface area contributed by atoms with E-state index in [-0.39, 0.29) is 6.61 Å². The summed E-state index contributed by atoms with van der Waals surface area (Å²) in [5.74, 6) is 0.576. The third-order valence-electron chi connectivity index (χ3n) is 0.938. The van der Waals surface area contributed by atoms with Gasteiger partial charge >= 0.3 is 0 Å². The fraction of sp³-hybridized carbons (Fsp3) is 0.500. The van der Waals surface area contributed by atoms with Gasteiger partial charge in [-0.3, -0.25) is 5.10 Å². The molecule has 5 N–H and O–H groups in total. The first-order chi connectivity index (χ1) is 5.26. The number of aromatic nitrogens is 2. The number of rotatable bonds is 1. The van der Waals surface area contributed by atoms with E-state index >= 15 is 0 Å². The maximum atomic E-state index is 7.57. The molecule has 0 aliphatic carbocycles. The summed E-state index contributed by atoms with van der Waals surface area (Å²) in [6.07, 6.45) is 1.63. The Kier molecular flexibility index (Phi) is 4.93. The maximum absolute atomic E-state index is 7.57. The van der Waals surface area contributed by atoms with Gasteiger partial charge < -0.3 is 16.2 Å². The van der Waals surface area contributed by atoms with Crippen LogP contribution in [0.3, 0.4) is 0 Å². The first-order valence-corrected chi connectivity index (χ1v) is 3.33. The standard InChI is InChI=1S/C4H8N4.C2H6O/c1-6-3-2-7-8-4(3)5;1-2-3/h2,6H,1H3,(H3,5,7,8);3H,2H2,1H3. The summed E-state index contributed by atoms with van der Waals surface area (Å²) in [5.41, 5.74) is 6.21. The highest BCUT2D eigenvalue weighted by Gasteiger charge is 1.93. The Morgan fingerprint density at radius 2 is 2.36 bits per heavy atom. The Hall–Kier alpha value is -1.23. The number of nitrogens with two attached hydrogens (primary N) is 1. The van der Waals surface area contributed by atoms with Crippen LogP contribution in [0.1, 0.15) is 6.92 Å². The number of anilines is 2. The van der Waals surface area contributed by atoms with Crippen LogP contribution in [0, 0.1) is 0 Å². The van der Waals surface area contributed by atoms with Gasteiger partial charge in [-0.25, -0.2) is 0 Å². The molecule has 1 heterocycles. The van der Waals surface area contributed by atoms with Gasteiger partial charge in [0.05, 0.1) is 11.9 Å². The molecule has 5 heteroatoms. The van der Waals surface area contributed by atoms with Gasteiger partial charge in [-0.2, -0.15) is 5.10 Å². The number of hydrogen-bond acceptors (Lipinski definition) is 4. The lowest BCUT2D eigenvalue weighted by molar-refractivity contribution is 0.318. The van der Waals surface area contributed by atoms with Gasteiger partial charge in [-0.1, -0.05) is 0 Å². The number of nitrogen functional groups attached to an aromatic ring is 1. The second-order valence-corrected chi connectivity index (χ2v) is 1.76. The molecule has 0 saturated carbocycles. The molecule has 0 spiro atoms. The van der Waals surface area contributed by atoms with Crippen LogP contribution in [0.2, 0.25) is 0 Å². The van der Waals surface area contributed by atoms with Crippen molar-refractivity contribution in [3.63, 3.8) is 0 Å². The second kappa shape index (κ2) is 5.55. The van der Waals surface area contributed by atoms with Gasteiger partial charge in [0.2, 0.25) is 0 Å². The van der Waals surface area contributed by atoms with Crippen molar-refractivity contribution >= 4 is 11.5 Å². The predicted octanol–water partition coefficient (Wildman–Crippen LogP) is 0.0322. The molecule has 0 aromatic carbocycles. The lowest BCUT2D eigenvalue weighted by Crippen LogP contribution is -1.91. The number of aromatic amines is 1. The Morgan fingerprint density at radius 3 is 2.55 bits per heavy atom. The fourth-order valence-electron chi connectivity index (χ4n) is 0.495. The van der Waals surface area contributed by atoms with E-state index in [1.54, 1.807) is 20.2 Å². The summed E-state index contributed by atoms with van der Waals surface area (Å²) in [7, 11) is 1.79. The summed E-state index contributed by atoms with van der Waals surface area (Å²) >= 11 is 0. The van der Waals surface area contributed by atoms with Crippen molar-refractivity contribution in [3.05, 3.63) is 6.20 Å². The smallest absolute Gasteiger partial charge is 0.142 e. The van der Waals surface area contributed by atoms with Gasteiger partial charge in [0, 0.05) is 13.7 Å². The number of aliphatic hydroxyl groups excluding tert-OH is 1. The Bertz CT molecular complexity index is 186. The van der Waals surface area contributed by atoms with Crippen LogP contribution in [0.4, 0.5) is 11.5 Å². The Labute approximate surface area is 65.6 Å². The molecule has 0 aliphatic rings. The summed E-state index contributed by atoms with van der Waals surface area (Å²) in [4.78, 5) is 0. The summed E-state index contributed by atoms with van der Waals surface area (Å²) < 4.78 is 0. The molecule has 0 amide bonds. The van der Waals surface area contributed by atoms with Crippen molar-refractivity contribution in [1.82, 2.24) is 10.2 Å².